The maximum absolute atomic E-state index is 6.03. The smallest absolute Gasteiger partial charge is 0.134 e. The van der Waals surface area contributed by atoms with E-state index in [1.54, 1.807) is 0 Å². The molecule has 2 aromatic rings. The Morgan fingerprint density at radius 1 is 1.30 bits per heavy atom. The first-order chi connectivity index (χ1) is 9.79. The molecule has 1 atom stereocenters. The van der Waals surface area contributed by atoms with Gasteiger partial charge in [0.05, 0.1) is 6.54 Å². The third kappa shape index (κ3) is 2.60. The Morgan fingerprint density at radius 3 is 2.95 bits per heavy atom. The second-order valence-corrected chi connectivity index (χ2v) is 5.85. The van der Waals surface area contributed by atoms with Crippen molar-refractivity contribution < 1.29 is 4.42 Å². The summed E-state index contributed by atoms with van der Waals surface area (Å²) in [6, 6.07) is 9.08. The SMILES string of the molecule is CNCc1oc2ccccc2c1CN1CCCCC1C. The van der Waals surface area contributed by atoms with Gasteiger partial charge in [0.1, 0.15) is 11.3 Å². The van der Waals surface area contributed by atoms with Crippen LogP contribution in [0.2, 0.25) is 0 Å². The number of nitrogens with one attached hydrogen (secondary N) is 1. The Hall–Kier alpha value is -1.32. The van der Waals surface area contributed by atoms with Gasteiger partial charge in [-0.2, -0.15) is 0 Å². The Labute approximate surface area is 120 Å². The number of piperidine rings is 1. The monoisotopic (exact) mass is 272 g/mol. The third-order valence-electron chi connectivity index (χ3n) is 4.42. The highest BCUT2D eigenvalue weighted by Crippen LogP contribution is 2.29. The lowest BCUT2D eigenvalue weighted by molar-refractivity contribution is 0.152. The van der Waals surface area contributed by atoms with Crippen LogP contribution >= 0.6 is 0 Å². The maximum Gasteiger partial charge on any atom is 0.134 e. The quantitative estimate of drug-likeness (QED) is 0.923. The summed E-state index contributed by atoms with van der Waals surface area (Å²) >= 11 is 0. The molecule has 3 rings (SSSR count). The van der Waals surface area contributed by atoms with E-state index in [4.69, 9.17) is 4.42 Å². The molecule has 0 spiro atoms. The number of rotatable bonds is 4. The number of furan rings is 1. The molecule has 2 heterocycles. The number of hydrogen-bond acceptors (Lipinski definition) is 3. The highest BCUT2D eigenvalue weighted by atomic mass is 16.3. The predicted molar refractivity (Wildman–Crippen MR) is 82.7 cm³/mol. The zero-order chi connectivity index (χ0) is 13.9. The molecule has 0 aliphatic carbocycles. The van der Waals surface area contributed by atoms with Crippen molar-refractivity contribution in [3.8, 4) is 0 Å². The Bertz CT molecular complexity index is 575. The van der Waals surface area contributed by atoms with Gasteiger partial charge in [-0.1, -0.05) is 24.6 Å². The van der Waals surface area contributed by atoms with Gasteiger partial charge in [-0.15, -0.1) is 0 Å². The molecule has 1 fully saturated rings. The van der Waals surface area contributed by atoms with Gasteiger partial charge < -0.3 is 9.73 Å². The number of para-hydroxylation sites is 1. The van der Waals surface area contributed by atoms with Crippen LogP contribution in [0, 0.1) is 0 Å². The molecule has 1 aliphatic heterocycles. The molecule has 3 heteroatoms. The maximum atomic E-state index is 6.03. The highest BCUT2D eigenvalue weighted by Gasteiger charge is 2.22. The third-order valence-corrected chi connectivity index (χ3v) is 4.42. The van der Waals surface area contributed by atoms with Crippen molar-refractivity contribution >= 4 is 11.0 Å². The topological polar surface area (TPSA) is 28.4 Å². The van der Waals surface area contributed by atoms with E-state index in [0.29, 0.717) is 6.04 Å². The van der Waals surface area contributed by atoms with Crippen molar-refractivity contribution in [3.05, 3.63) is 35.6 Å². The molecule has 1 saturated heterocycles. The molecule has 1 aromatic heterocycles. The lowest BCUT2D eigenvalue weighted by Gasteiger charge is -2.33. The molecule has 0 amide bonds. The average Bonchev–Trinajstić information content (AvgIpc) is 2.80. The van der Waals surface area contributed by atoms with Crippen LogP contribution in [0.25, 0.3) is 11.0 Å². The molecule has 1 unspecified atom stereocenters. The Morgan fingerprint density at radius 2 is 2.15 bits per heavy atom. The normalized spacial score (nSPS) is 20.6. The first-order valence-electron chi connectivity index (χ1n) is 7.67. The zero-order valence-electron chi connectivity index (χ0n) is 12.5. The van der Waals surface area contributed by atoms with Gasteiger partial charge in [-0.25, -0.2) is 0 Å². The van der Waals surface area contributed by atoms with E-state index in [-0.39, 0.29) is 0 Å². The second kappa shape index (κ2) is 5.98. The number of hydrogen-bond donors (Lipinski definition) is 1. The van der Waals surface area contributed by atoms with Crippen molar-refractivity contribution in [2.45, 2.75) is 45.3 Å². The van der Waals surface area contributed by atoms with Crippen LogP contribution in [-0.2, 0) is 13.1 Å². The fraction of sp³-hybridized carbons (Fsp3) is 0.529. The first kappa shape index (κ1) is 13.7. The minimum absolute atomic E-state index is 0.680. The summed E-state index contributed by atoms with van der Waals surface area (Å²) in [6.07, 6.45) is 4.01. The van der Waals surface area contributed by atoms with Gasteiger partial charge >= 0.3 is 0 Å². The van der Waals surface area contributed by atoms with E-state index in [0.717, 1.165) is 24.4 Å². The van der Waals surface area contributed by atoms with Crippen molar-refractivity contribution in [1.82, 2.24) is 10.2 Å². The summed E-state index contributed by atoms with van der Waals surface area (Å²) in [6.45, 7) is 5.36. The summed E-state index contributed by atoms with van der Waals surface area (Å²) in [7, 11) is 1.97. The zero-order valence-corrected chi connectivity index (χ0v) is 12.5. The number of likely N-dealkylation sites (tertiary alicyclic amines) is 1. The molecule has 20 heavy (non-hydrogen) atoms. The summed E-state index contributed by atoms with van der Waals surface area (Å²) in [5.41, 5.74) is 2.38. The Kier molecular flexibility index (Phi) is 4.08. The summed E-state index contributed by atoms with van der Waals surface area (Å²) in [5.74, 6) is 1.09. The molecule has 1 N–H and O–H groups in total. The second-order valence-electron chi connectivity index (χ2n) is 5.85. The average molecular weight is 272 g/mol. The van der Waals surface area contributed by atoms with Gasteiger partial charge in [-0.3, -0.25) is 4.90 Å². The van der Waals surface area contributed by atoms with E-state index in [2.05, 4.69) is 35.3 Å². The van der Waals surface area contributed by atoms with E-state index in [1.807, 2.05) is 13.1 Å². The van der Waals surface area contributed by atoms with Crippen molar-refractivity contribution in [3.63, 3.8) is 0 Å². The summed E-state index contributed by atoms with van der Waals surface area (Å²) in [5, 5.41) is 4.50. The van der Waals surface area contributed by atoms with E-state index >= 15 is 0 Å². The lowest BCUT2D eigenvalue weighted by Crippen LogP contribution is -2.37. The highest BCUT2D eigenvalue weighted by molar-refractivity contribution is 5.82. The van der Waals surface area contributed by atoms with Crippen LogP contribution in [0.5, 0.6) is 0 Å². The standard InChI is InChI=1S/C17H24N2O/c1-13-7-5-6-10-19(13)12-15-14-8-3-4-9-16(14)20-17(15)11-18-2/h3-4,8-9,13,18H,5-7,10-12H2,1-2H3. The van der Waals surface area contributed by atoms with Crippen LogP contribution in [0.4, 0.5) is 0 Å². The number of benzene rings is 1. The number of nitrogens with zero attached hydrogens (tertiary/aromatic N) is 1. The minimum atomic E-state index is 0.680. The first-order valence-corrected chi connectivity index (χ1v) is 7.67. The molecular formula is C17H24N2O. The van der Waals surface area contributed by atoms with E-state index < -0.39 is 0 Å². The molecule has 1 aliphatic rings. The van der Waals surface area contributed by atoms with Gasteiger partial charge in [0.2, 0.25) is 0 Å². The molecule has 3 nitrogen and oxygen atoms in total. The summed E-state index contributed by atoms with van der Waals surface area (Å²) < 4.78 is 6.03. The van der Waals surface area contributed by atoms with Gasteiger partial charge in [-0.05, 0) is 39.4 Å². The number of fused-ring (bicyclic) bond motifs is 1. The Balaban J connectivity index is 1.93. The van der Waals surface area contributed by atoms with Crippen LogP contribution in [0.1, 0.15) is 37.5 Å². The van der Waals surface area contributed by atoms with E-state index in [1.165, 1.54) is 36.8 Å². The van der Waals surface area contributed by atoms with Crippen molar-refractivity contribution in [2.75, 3.05) is 13.6 Å². The lowest BCUT2D eigenvalue weighted by atomic mass is 10.0. The predicted octanol–water partition coefficient (Wildman–Crippen LogP) is 3.53. The molecule has 0 bridgehead atoms. The van der Waals surface area contributed by atoms with E-state index in [9.17, 15) is 0 Å². The van der Waals surface area contributed by atoms with Crippen LogP contribution in [-0.4, -0.2) is 24.5 Å². The molecule has 108 valence electrons. The van der Waals surface area contributed by atoms with Crippen molar-refractivity contribution in [1.29, 1.82) is 0 Å². The molecule has 1 aromatic carbocycles. The summed E-state index contributed by atoms with van der Waals surface area (Å²) in [4.78, 5) is 2.60. The van der Waals surface area contributed by atoms with Crippen LogP contribution in [0.3, 0.4) is 0 Å². The van der Waals surface area contributed by atoms with Crippen LogP contribution in [0.15, 0.2) is 28.7 Å². The van der Waals surface area contributed by atoms with Gasteiger partial charge in [0.15, 0.2) is 0 Å². The molecule has 0 saturated carbocycles. The fourth-order valence-electron chi connectivity index (χ4n) is 3.22. The molecular weight excluding hydrogens is 248 g/mol. The van der Waals surface area contributed by atoms with Gasteiger partial charge in [0.25, 0.3) is 0 Å². The molecule has 0 radical (unpaired) electrons. The largest absolute Gasteiger partial charge is 0.459 e. The van der Waals surface area contributed by atoms with Gasteiger partial charge in [0, 0.05) is 23.5 Å². The fourth-order valence-corrected chi connectivity index (χ4v) is 3.22. The minimum Gasteiger partial charge on any atom is -0.459 e. The van der Waals surface area contributed by atoms with Crippen molar-refractivity contribution in [2.24, 2.45) is 0 Å². The van der Waals surface area contributed by atoms with Crippen LogP contribution < -0.4 is 5.32 Å².